The number of hydrogen-bond acceptors (Lipinski definition) is 7. The van der Waals surface area contributed by atoms with Crippen molar-refractivity contribution in [1.82, 2.24) is 14.8 Å². The number of aryl methyl sites for hydroxylation is 3. The predicted octanol–water partition coefficient (Wildman–Crippen LogP) is 5.47. The second kappa shape index (κ2) is 10.4. The number of halogens is 1. The number of rotatable bonds is 9. The van der Waals surface area contributed by atoms with Crippen molar-refractivity contribution >= 4 is 27.7 Å². The van der Waals surface area contributed by atoms with Crippen LogP contribution in [-0.4, -0.2) is 39.9 Å². The Morgan fingerprint density at radius 1 is 1.19 bits per heavy atom. The average Bonchev–Trinajstić information content (AvgIpc) is 3.10. The van der Waals surface area contributed by atoms with Crippen LogP contribution in [-0.2, 0) is 0 Å². The Bertz CT molecular complexity index is 1140. The molecule has 3 aromatic rings. The van der Waals surface area contributed by atoms with E-state index in [0.717, 1.165) is 16.8 Å². The van der Waals surface area contributed by atoms with E-state index in [2.05, 4.69) is 39.1 Å². The Balaban J connectivity index is 2.04. The van der Waals surface area contributed by atoms with Crippen molar-refractivity contribution in [2.24, 2.45) is 0 Å². The summed E-state index contributed by atoms with van der Waals surface area (Å²) in [6.07, 6.45) is 0. The maximum atomic E-state index is 11.5. The van der Waals surface area contributed by atoms with Crippen LogP contribution in [0.25, 0.3) is 5.69 Å². The molecule has 1 heterocycles. The van der Waals surface area contributed by atoms with Gasteiger partial charge in [0.25, 0.3) is 0 Å². The number of hydrogen-bond donors (Lipinski definition) is 0. The van der Waals surface area contributed by atoms with Crippen LogP contribution in [0.5, 0.6) is 11.5 Å². The summed E-state index contributed by atoms with van der Waals surface area (Å²) in [5.74, 6) is 1.79. The van der Waals surface area contributed by atoms with Crippen molar-refractivity contribution in [2.75, 3.05) is 20.3 Å². The third kappa shape index (κ3) is 5.24. The Morgan fingerprint density at radius 2 is 1.94 bits per heavy atom. The van der Waals surface area contributed by atoms with Crippen LogP contribution in [0.1, 0.15) is 34.7 Å². The highest BCUT2D eigenvalue weighted by Crippen LogP contribution is 2.43. The first-order valence-electron chi connectivity index (χ1n) is 10.0. The zero-order valence-corrected chi connectivity index (χ0v) is 21.0. The maximum Gasteiger partial charge on any atom is 0.220 e. The number of aromatic nitrogens is 3. The molecule has 2 aromatic carbocycles. The fourth-order valence-corrected chi connectivity index (χ4v) is 4.99. The van der Waals surface area contributed by atoms with Gasteiger partial charge in [-0.15, -0.1) is 10.2 Å². The number of nitro groups is 1. The van der Waals surface area contributed by atoms with E-state index in [9.17, 15) is 10.1 Å². The molecule has 8 nitrogen and oxygen atoms in total. The Labute approximate surface area is 199 Å². The van der Waals surface area contributed by atoms with Crippen molar-refractivity contribution in [1.29, 1.82) is 0 Å². The second-order valence-corrected chi connectivity index (χ2v) is 9.25. The quantitative estimate of drug-likeness (QED) is 0.209. The largest absolute Gasteiger partial charge is 0.493 e. The first-order valence-corrected chi connectivity index (χ1v) is 11.7. The van der Waals surface area contributed by atoms with Gasteiger partial charge in [0.1, 0.15) is 11.1 Å². The lowest BCUT2D eigenvalue weighted by atomic mass is 10.1. The zero-order chi connectivity index (χ0) is 23.4. The van der Waals surface area contributed by atoms with E-state index in [1.807, 2.05) is 43.5 Å². The molecule has 0 N–H and O–H groups in total. The first-order chi connectivity index (χ1) is 15.2. The second-order valence-electron chi connectivity index (χ2n) is 7.22. The molecule has 3 rings (SSSR count). The van der Waals surface area contributed by atoms with Crippen molar-refractivity contribution in [2.45, 2.75) is 38.1 Å². The zero-order valence-electron chi connectivity index (χ0n) is 18.6. The topological polar surface area (TPSA) is 92.3 Å². The van der Waals surface area contributed by atoms with E-state index in [0.29, 0.717) is 33.6 Å². The van der Waals surface area contributed by atoms with Crippen LogP contribution in [0.15, 0.2) is 40.0 Å². The van der Waals surface area contributed by atoms with Gasteiger partial charge in [-0.25, -0.2) is 0 Å². The molecule has 32 heavy (non-hydrogen) atoms. The highest BCUT2D eigenvalue weighted by Gasteiger charge is 2.26. The van der Waals surface area contributed by atoms with Gasteiger partial charge < -0.3 is 9.47 Å². The summed E-state index contributed by atoms with van der Waals surface area (Å²) in [5, 5.41) is 20.1. The summed E-state index contributed by atoms with van der Waals surface area (Å²) in [6, 6.07) is 9.72. The molecule has 0 aliphatic rings. The number of benzene rings is 2. The fourth-order valence-electron chi connectivity index (χ4n) is 3.26. The Morgan fingerprint density at radius 3 is 2.56 bits per heavy atom. The first kappa shape index (κ1) is 24.1. The lowest BCUT2D eigenvalue weighted by Crippen LogP contribution is -2.12. The SMILES string of the molecule is CCOc1c(Br)cc([C@H](C[N+](=O)[O-])Sc2nnc(C)n2-c2ccc(C)c(C)c2)cc1OC. The van der Waals surface area contributed by atoms with Crippen LogP contribution in [0.3, 0.4) is 0 Å². The molecule has 0 spiro atoms. The number of methoxy groups -OCH3 is 1. The maximum absolute atomic E-state index is 11.5. The molecular weight excluding hydrogens is 496 g/mol. The van der Waals surface area contributed by atoms with Crippen molar-refractivity contribution in [3.63, 3.8) is 0 Å². The summed E-state index contributed by atoms with van der Waals surface area (Å²) in [4.78, 5) is 11.2. The van der Waals surface area contributed by atoms with E-state index in [1.165, 1.54) is 17.3 Å². The van der Waals surface area contributed by atoms with Gasteiger partial charge in [0.05, 0.1) is 18.2 Å². The van der Waals surface area contributed by atoms with E-state index in [-0.39, 0.29) is 11.5 Å². The third-order valence-corrected chi connectivity index (χ3v) is 6.79. The molecule has 0 saturated carbocycles. The van der Waals surface area contributed by atoms with Crippen molar-refractivity contribution < 1.29 is 14.4 Å². The molecule has 1 aromatic heterocycles. The van der Waals surface area contributed by atoms with Crippen LogP contribution in [0.2, 0.25) is 0 Å². The Hall–Kier alpha value is -2.59. The summed E-state index contributed by atoms with van der Waals surface area (Å²) in [7, 11) is 1.55. The minimum atomic E-state index is -0.514. The van der Waals surface area contributed by atoms with E-state index in [4.69, 9.17) is 9.47 Å². The van der Waals surface area contributed by atoms with Gasteiger partial charge in [-0.3, -0.25) is 14.7 Å². The molecule has 0 unspecified atom stereocenters. The smallest absolute Gasteiger partial charge is 0.220 e. The number of ether oxygens (including phenoxy) is 2. The van der Waals surface area contributed by atoms with Gasteiger partial charge in [0, 0.05) is 10.6 Å². The van der Waals surface area contributed by atoms with Gasteiger partial charge in [-0.05, 0) is 84.6 Å². The standard InChI is InChI=1S/C22H25BrN4O4S/c1-6-31-21-18(23)10-16(11-19(21)30-5)20(12-26(28)29)32-22-25-24-15(4)27(22)17-8-7-13(2)14(3)9-17/h7-11,20H,6,12H2,1-5H3/t20-/m0/s1. The third-order valence-electron chi connectivity index (χ3n) is 5.02. The molecule has 0 bridgehead atoms. The molecule has 0 saturated heterocycles. The fraction of sp³-hybridized carbons (Fsp3) is 0.364. The molecule has 10 heteroatoms. The minimum absolute atomic E-state index is 0.285. The van der Waals surface area contributed by atoms with Gasteiger partial charge >= 0.3 is 0 Å². The van der Waals surface area contributed by atoms with Crippen LogP contribution in [0, 0.1) is 30.9 Å². The number of thioether (sulfide) groups is 1. The molecule has 0 radical (unpaired) electrons. The molecule has 1 atom stereocenters. The molecular formula is C22H25BrN4O4S. The van der Waals surface area contributed by atoms with Gasteiger partial charge in [0.15, 0.2) is 16.7 Å². The van der Waals surface area contributed by atoms with E-state index >= 15 is 0 Å². The molecule has 170 valence electrons. The molecule has 0 aliphatic heterocycles. The highest BCUT2D eigenvalue weighted by atomic mass is 79.9. The van der Waals surface area contributed by atoms with E-state index in [1.54, 1.807) is 13.2 Å². The van der Waals surface area contributed by atoms with E-state index < -0.39 is 5.25 Å². The summed E-state index contributed by atoms with van der Waals surface area (Å²) >= 11 is 4.81. The monoisotopic (exact) mass is 520 g/mol. The highest BCUT2D eigenvalue weighted by molar-refractivity contribution is 9.10. The minimum Gasteiger partial charge on any atom is -0.493 e. The average molecular weight is 521 g/mol. The van der Waals surface area contributed by atoms with Crippen LogP contribution >= 0.6 is 27.7 Å². The molecule has 0 aliphatic carbocycles. The van der Waals surface area contributed by atoms with Crippen molar-refractivity contribution in [3.8, 4) is 17.2 Å². The summed E-state index contributed by atoms with van der Waals surface area (Å²) in [6.45, 7) is 8.04. The Kier molecular flexibility index (Phi) is 7.78. The van der Waals surface area contributed by atoms with Crippen LogP contribution in [0.4, 0.5) is 0 Å². The normalized spacial score (nSPS) is 11.9. The summed E-state index contributed by atoms with van der Waals surface area (Å²) in [5.41, 5.74) is 3.98. The molecule has 0 fully saturated rings. The number of nitrogens with zero attached hydrogens (tertiary/aromatic N) is 4. The van der Waals surface area contributed by atoms with Crippen molar-refractivity contribution in [3.05, 3.63) is 67.4 Å². The van der Waals surface area contributed by atoms with Gasteiger partial charge in [-0.2, -0.15) is 0 Å². The summed E-state index contributed by atoms with van der Waals surface area (Å²) < 4.78 is 13.7. The lowest BCUT2D eigenvalue weighted by Gasteiger charge is -2.18. The lowest BCUT2D eigenvalue weighted by molar-refractivity contribution is -0.479. The molecule has 0 amide bonds. The van der Waals surface area contributed by atoms with Crippen LogP contribution < -0.4 is 9.47 Å². The van der Waals surface area contributed by atoms with Gasteiger partial charge in [0.2, 0.25) is 6.54 Å². The van der Waals surface area contributed by atoms with Gasteiger partial charge in [-0.1, -0.05) is 17.8 Å². The predicted molar refractivity (Wildman–Crippen MR) is 128 cm³/mol.